The van der Waals surface area contributed by atoms with E-state index in [4.69, 9.17) is 11.6 Å². The van der Waals surface area contributed by atoms with Gasteiger partial charge in [0.1, 0.15) is 5.82 Å². The first kappa shape index (κ1) is 19.3. The second-order valence-corrected chi connectivity index (χ2v) is 7.50. The fourth-order valence-corrected chi connectivity index (χ4v) is 3.65. The molecule has 29 heavy (non-hydrogen) atoms. The van der Waals surface area contributed by atoms with Gasteiger partial charge >= 0.3 is 0 Å². The maximum absolute atomic E-state index is 13.1. The van der Waals surface area contributed by atoms with Crippen molar-refractivity contribution in [3.05, 3.63) is 71.8 Å². The van der Waals surface area contributed by atoms with Gasteiger partial charge in [0, 0.05) is 41.8 Å². The Morgan fingerprint density at radius 3 is 2.59 bits per heavy atom. The van der Waals surface area contributed by atoms with Gasteiger partial charge in [-0.25, -0.2) is 14.4 Å². The second-order valence-electron chi connectivity index (χ2n) is 7.06. The van der Waals surface area contributed by atoms with Crippen LogP contribution in [0.3, 0.4) is 0 Å². The molecule has 0 unspecified atom stereocenters. The summed E-state index contributed by atoms with van der Waals surface area (Å²) in [7, 11) is 0. The van der Waals surface area contributed by atoms with Crippen molar-refractivity contribution in [2.75, 3.05) is 23.3 Å². The van der Waals surface area contributed by atoms with Crippen molar-refractivity contribution >= 4 is 29.1 Å². The van der Waals surface area contributed by atoms with Gasteiger partial charge in [-0.15, -0.1) is 0 Å². The predicted octanol–water partition coefficient (Wildman–Crippen LogP) is 4.79. The number of hydrogen-bond donors (Lipinski definition) is 1. The van der Waals surface area contributed by atoms with Crippen LogP contribution in [0.2, 0.25) is 5.02 Å². The summed E-state index contributed by atoms with van der Waals surface area (Å²) < 4.78 is 13.1. The highest BCUT2D eigenvalue weighted by Gasteiger charge is 2.27. The lowest BCUT2D eigenvalue weighted by Crippen LogP contribution is -2.41. The Kier molecular flexibility index (Phi) is 5.71. The van der Waals surface area contributed by atoms with Crippen LogP contribution in [-0.2, 0) is 4.79 Å². The van der Waals surface area contributed by atoms with Crippen LogP contribution in [-0.4, -0.2) is 29.0 Å². The largest absolute Gasteiger partial charge is 0.340 e. The molecule has 1 N–H and O–H groups in total. The second kappa shape index (κ2) is 8.57. The van der Waals surface area contributed by atoms with E-state index < -0.39 is 0 Å². The number of nitrogens with zero attached hydrogens (tertiary/aromatic N) is 3. The number of hydrogen-bond acceptors (Lipinski definition) is 4. The molecule has 1 atom stereocenters. The molecule has 1 amide bonds. The average molecular weight is 411 g/mol. The normalized spacial score (nSPS) is 16.5. The van der Waals surface area contributed by atoms with E-state index in [1.807, 2.05) is 17.0 Å². The molecule has 0 bridgehead atoms. The zero-order chi connectivity index (χ0) is 20.2. The fraction of sp³-hybridized carbons (Fsp3) is 0.227. The van der Waals surface area contributed by atoms with Gasteiger partial charge in [-0.3, -0.25) is 4.79 Å². The molecule has 148 valence electrons. The molecule has 1 aromatic heterocycles. The van der Waals surface area contributed by atoms with Crippen LogP contribution < -0.4 is 10.2 Å². The molecule has 7 heteroatoms. The summed E-state index contributed by atoms with van der Waals surface area (Å²) >= 11 is 5.99. The smallest absolute Gasteiger partial charge is 0.229 e. The summed E-state index contributed by atoms with van der Waals surface area (Å²) in [5.41, 5.74) is 2.37. The monoisotopic (exact) mass is 410 g/mol. The standard InChI is InChI=1S/C22H20ClFN4O/c23-18-4-1-5-20(11-18)27-21(29)16-3-2-10-28(14-16)22-25-12-17(13-26-22)15-6-8-19(24)9-7-15/h1,4-9,11-13,16H,2-3,10,14H2,(H,27,29)/t16-/m0/s1. The minimum absolute atomic E-state index is 0.0279. The number of rotatable bonds is 4. The number of amides is 1. The molecule has 5 nitrogen and oxygen atoms in total. The maximum atomic E-state index is 13.1. The first-order valence-electron chi connectivity index (χ1n) is 9.48. The molecular weight excluding hydrogens is 391 g/mol. The molecule has 2 aromatic carbocycles. The van der Waals surface area contributed by atoms with Crippen LogP contribution >= 0.6 is 11.6 Å². The van der Waals surface area contributed by atoms with Crippen LogP contribution in [0.4, 0.5) is 16.0 Å². The number of piperidine rings is 1. The molecule has 1 aliphatic heterocycles. The minimum atomic E-state index is -0.276. The van der Waals surface area contributed by atoms with E-state index in [1.54, 1.807) is 36.7 Å². The first-order chi connectivity index (χ1) is 14.1. The Balaban J connectivity index is 1.42. The van der Waals surface area contributed by atoms with Crippen LogP contribution in [0.15, 0.2) is 60.9 Å². The van der Waals surface area contributed by atoms with Gasteiger partial charge in [0.2, 0.25) is 11.9 Å². The van der Waals surface area contributed by atoms with Crippen LogP contribution in [0.25, 0.3) is 11.1 Å². The van der Waals surface area contributed by atoms with Crippen molar-refractivity contribution < 1.29 is 9.18 Å². The first-order valence-corrected chi connectivity index (χ1v) is 9.85. The number of halogens is 2. The summed E-state index contributed by atoms with van der Waals surface area (Å²) in [5, 5.41) is 3.52. The summed E-state index contributed by atoms with van der Waals surface area (Å²) in [5.74, 6) is 0.140. The summed E-state index contributed by atoms with van der Waals surface area (Å²) in [6, 6.07) is 13.4. The Labute approximate surface area is 173 Å². The Hall–Kier alpha value is -2.99. The topological polar surface area (TPSA) is 58.1 Å². The van der Waals surface area contributed by atoms with Gasteiger partial charge in [0.25, 0.3) is 0 Å². The molecule has 1 fully saturated rings. The van der Waals surface area contributed by atoms with Gasteiger partial charge in [-0.2, -0.15) is 0 Å². The molecule has 1 saturated heterocycles. The zero-order valence-corrected chi connectivity index (χ0v) is 16.4. The highest BCUT2D eigenvalue weighted by Crippen LogP contribution is 2.24. The molecule has 2 heterocycles. The molecule has 0 aliphatic carbocycles. The number of benzene rings is 2. The molecule has 3 aromatic rings. The van der Waals surface area contributed by atoms with E-state index in [1.165, 1.54) is 12.1 Å². The average Bonchev–Trinajstić information content (AvgIpc) is 2.74. The van der Waals surface area contributed by atoms with Gasteiger partial charge in [0.15, 0.2) is 0 Å². The number of anilines is 2. The molecule has 0 saturated carbocycles. The van der Waals surface area contributed by atoms with Crippen LogP contribution in [0.5, 0.6) is 0 Å². The van der Waals surface area contributed by atoms with E-state index >= 15 is 0 Å². The van der Waals surface area contributed by atoms with E-state index in [0.29, 0.717) is 23.2 Å². The van der Waals surface area contributed by atoms with Crippen molar-refractivity contribution in [2.45, 2.75) is 12.8 Å². The Bertz CT molecular complexity index is 994. The Morgan fingerprint density at radius 2 is 1.86 bits per heavy atom. The summed E-state index contributed by atoms with van der Waals surface area (Å²) in [6.07, 6.45) is 5.16. The predicted molar refractivity (Wildman–Crippen MR) is 112 cm³/mol. The lowest BCUT2D eigenvalue weighted by atomic mass is 9.97. The summed E-state index contributed by atoms with van der Waals surface area (Å²) in [6.45, 7) is 1.36. The van der Waals surface area contributed by atoms with Crippen molar-refractivity contribution in [3.63, 3.8) is 0 Å². The van der Waals surface area contributed by atoms with E-state index in [9.17, 15) is 9.18 Å². The highest BCUT2D eigenvalue weighted by molar-refractivity contribution is 6.30. The Morgan fingerprint density at radius 1 is 1.10 bits per heavy atom. The van der Waals surface area contributed by atoms with E-state index in [0.717, 1.165) is 30.5 Å². The maximum Gasteiger partial charge on any atom is 0.229 e. The van der Waals surface area contributed by atoms with Crippen molar-refractivity contribution in [1.82, 2.24) is 9.97 Å². The van der Waals surface area contributed by atoms with Crippen molar-refractivity contribution in [3.8, 4) is 11.1 Å². The lowest BCUT2D eigenvalue weighted by molar-refractivity contribution is -0.120. The number of carbonyl (C=O) groups excluding carboxylic acids is 1. The highest BCUT2D eigenvalue weighted by atomic mass is 35.5. The summed E-state index contributed by atoms with van der Waals surface area (Å²) in [4.78, 5) is 23.6. The van der Waals surface area contributed by atoms with Crippen molar-refractivity contribution in [1.29, 1.82) is 0 Å². The van der Waals surface area contributed by atoms with Crippen molar-refractivity contribution in [2.24, 2.45) is 5.92 Å². The van der Waals surface area contributed by atoms with Crippen LogP contribution in [0.1, 0.15) is 12.8 Å². The number of nitrogens with one attached hydrogen (secondary N) is 1. The number of carbonyl (C=O) groups is 1. The minimum Gasteiger partial charge on any atom is -0.340 e. The van der Waals surface area contributed by atoms with E-state index in [-0.39, 0.29) is 17.6 Å². The van der Waals surface area contributed by atoms with Crippen LogP contribution in [0, 0.1) is 11.7 Å². The van der Waals surface area contributed by atoms with Gasteiger partial charge < -0.3 is 10.2 Å². The molecule has 4 rings (SSSR count). The molecule has 0 spiro atoms. The lowest BCUT2D eigenvalue weighted by Gasteiger charge is -2.32. The quantitative estimate of drug-likeness (QED) is 0.671. The number of aromatic nitrogens is 2. The molecular formula is C22H20ClFN4O. The van der Waals surface area contributed by atoms with Gasteiger partial charge in [0.05, 0.1) is 5.92 Å². The fourth-order valence-electron chi connectivity index (χ4n) is 3.46. The molecule has 0 radical (unpaired) electrons. The SMILES string of the molecule is O=C(Nc1cccc(Cl)c1)[C@H]1CCCN(c2ncc(-c3ccc(F)cc3)cn2)C1. The third kappa shape index (κ3) is 4.71. The zero-order valence-electron chi connectivity index (χ0n) is 15.7. The third-order valence-electron chi connectivity index (χ3n) is 4.98. The third-order valence-corrected chi connectivity index (χ3v) is 5.22. The van der Waals surface area contributed by atoms with E-state index in [2.05, 4.69) is 15.3 Å². The van der Waals surface area contributed by atoms with Gasteiger partial charge in [-0.05, 0) is 48.7 Å². The van der Waals surface area contributed by atoms with Gasteiger partial charge in [-0.1, -0.05) is 29.8 Å². The molecule has 1 aliphatic rings.